The minimum atomic E-state index is -4.82. The van der Waals surface area contributed by atoms with E-state index in [1.807, 2.05) is 18.2 Å². The summed E-state index contributed by atoms with van der Waals surface area (Å²) in [4.78, 5) is 21.2. The zero-order valence-corrected chi connectivity index (χ0v) is 19.4. The van der Waals surface area contributed by atoms with Crippen LogP contribution < -0.4 is 24.8 Å². The standard InChI is InChI=1S/C24H19F3N6O4/c1-35-18-10-28-22(36-2)31-20(18)30-19-13-5-3-11(7-17(13)32-33-19)15-9-23(15)14-8-12(37-24(25,26)27)4-6-16(14)29-21(23)34/h3-8,10,15H,9H2,1-2H3,(H,29,34)(H2,28,30,31,32,33)/t15-,23+/m0/s1. The number of hydrogen-bond acceptors (Lipinski definition) is 8. The van der Waals surface area contributed by atoms with Gasteiger partial charge in [0.1, 0.15) is 5.75 Å². The Bertz CT molecular complexity index is 1560. The average Bonchev–Trinajstić information content (AvgIpc) is 3.42. The molecule has 2 atom stereocenters. The topological polar surface area (TPSA) is 123 Å². The van der Waals surface area contributed by atoms with Gasteiger partial charge in [-0.1, -0.05) is 6.07 Å². The Labute approximate surface area is 207 Å². The normalized spacial score (nSPS) is 20.0. The van der Waals surface area contributed by atoms with Crippen LogP contribution in [0.1, 0.15) is 23.5 Å². The first kappa shape index (κ1) is 22.9. The zero-order valence-electron chi connectivity index (χ0n) is 19.4. The van der Waals surface area contributed by atoms with Crippen molar-refractivity contribution in [2.24, 2.45) is 0 Å². The Morgan fingerprint density at radius 2 is 1.95 bits per heavy atom. The van der Waals surface area contributed by atoms with Crippen molar-refractivity contribution in [1.82, 2.24) is 20.2 Å². The van der Waals surface area contributed by atoms with Gasteiger partial charge in [-0.05, 0) is 47.9 Å². The molecule has 0 radical (unpaired) electrons. The van der Waals surface area contributed by atoms with Crippen LogP contribution in [0, 0.1) is 0 Å². The van der Waals surface area contributed by atoms with Gasteiger partial charge in [0.15, 0.2) is 17.4 Å². The summed E-state index contributed by atoms with van der Waals surface area (Å²) in [5.41, 5.74) is 1.61. The van der Waals surface area contributed by atoms with Gasteiger partial charge in [-0.2, -0.15) is 15.1 Å². The van der Waals surface area contributed by atoms with Crippen molar-refractivity contribution in [2.45, 2.75) is 24.1 Å². The second kappa shape index (κ2) is 7.98. The Kier molecular flexibility index (Phi) is 4.94. The number of aromatic amines is 1. The maximum absolute atomic E-state index is 12.9. The highest BCUT2D eigenvalue weighted by molar-refractivity contribution is 6.10. The smallest absolute Gasteiger partial charge is 0.491 e. The van der Waals surface area contributed by atoms with E-state index in [9.17, 15) is 18.0 Å². The lowest BCUT2D eigenvalue weighted by Gasteiger charge is -2.12. The SMILES string of the molecule is COc1ncc(OC)c(Nc2n[nH]c3cc([C@@H]4C[C@]45C(=O)Nc4ccc(OC(F)(F)F)cc45)ccc23)n1. The van der Waals surface area contributed by atoms with Gasteiger partial charge >= 0.3 is 12.4 Å². The molecule has 1 aliphatic heterocycles. The van der Waals surface area contributed by atoms with E-state index in [2.05, 4.69) is 35.5 Å². The number of methoxy groups -OCH3 is 2. The molecule has 6 rings (SSSR count). The highest BCUT2D eigenvalue weighted by atomic mass is 19.4. The van der Waals surface area contributed by atoms with Crippen molar-refractivity contribution >= 4 is 34.1 Å². The number of rotatable bonds is 6. The summed E-state index contributed by atoms with van der Waals surface area (Å²) < 4.78 is 52.7. The van der Waals surface area contributed by atoms with Gasteiger partial charge in [-0.15, -0.1) is 13.2 Å². The summed E-state index contributed by atoms with van der Waals surface area (Å²) in [6, 6.07) is 9.68. The van der Waals surface area contributed by atoms with Gasteiger partial charge in [0, 0.05) is 17.0 Å². The van der Waals surface area contributed by atoms with Crippen LogP contribution >= 0.6 is 0 Å². The van der Waals surface area contributed by atoms with E-state index >= 15 is 0 Å². The second-order valence-corrected chi connectivity index (χ2v) is 8.71. The minimum absolute atomic E-state index is 0.156. The van der Waals surface area contributed by atoms with E-state index < -0.39 is 11.8 Å². The summed E-state index contributed by atoms with van der Waals surface area (Å²) in [6.07, 6.45) is -2.88. The fourth-order valence-corrected chi connectivity index (χ4v) is 4.92. The molecule has 1 aliphatic carbocycles. The molecule has 4 aromatic rings. The lowest BCUT2D eigenvalue weighted by atomic mass is 9.91. The molecule has 3 heterocycles. The third-order valence-electron chi connectivity index (χ3n) is 6.68. The molecule has 0 unspecified atom stereocenters. The Hall–Kier alpha value is -4.55. The van der Waals surface area contributed by atoms with Crippen molar-refractivity contribution in [3.8, 4) is 17.5 Å². The van der Waals surface area contributed by atoms with Crippen LogP contribution in [0.4, 0.5) is 30.5 Å². The van der Waals surface area contributed by atoms with E-state index in [4.69, 9.17) is 9.47 Å². The van der Waals surface area contributed by atoms with Crippen molar-refractivity contribution in [1.29, 1.82) is 0 Å². The lowest BCUT2D eigenvalue weighted by Crippen LogP contribution is -2.21. The van der Waals surface area contributed by atoms with Crippen LogP contribution in [0.25, 0.3) is 10.9 Å². The van der Waals surface area contributed by atoms with Gasteiger partial charge < -0.3 is 24.8 Å². The molecule has 13 heteroatoms. The van der Waals surface area contributed by atoms with E-state index in [1.54, 1.807) is 0 Å². The second-order valence-electron chi connectivity index (χ2n) is 8.71. The predicted octanol–water partition coefficient (Wildman–Crippen LogP) is 4.39. The number of aromatic nitrogens is 4. The molecule has 1 spiro atoms. The number of nitrogens with one attached hydrogen (secondary N) is 3. The number of ether oxygens (including phenoxy) is 3. The van der Waals surface area contributed by atoms with Crippen molar-refractivity contribution in [2.75, 3.05) is 24.9 Å². The van der Waals surface area contributed by atoms with E-state index in [1.165, 1.54) is 38.6 Å². The fourth-order valence-electron chi connectivity index (χ4n) is 4.92. The van der Waals surface area contributed by atoms with Gasteiger partial charge in [0.2, 0.25) is 5.91 Å². The summed E-state index contributed by atoms with van der Waals surface area (Å²) in [7, 11) is 2.95. The molecule has 2 aromatic heterocycles. The quantitative estimate of drug-likeness (QED) is 0.348. The number of amides is 1. The molecule has 10 nitrogen and oxygen atoms in total. The molecule has 1 amide bonds. The number of H-pyrrole nitrogens is 1. The number of carbonyl (C=O) groups is 1. The molecular formula is C24H19F3N6O4. The van der Waals surface area contributed by atoms with Crippen LogP contribution in [0.3, 0.4) is 0 Å². The predicted molar refractivity (Wildman–Crippen MR) is 125 cm³/mol. The van der Waals surface area contributed by atoms with E-state index in [-0.39, 0.29) is 23.6 Å². The lowest BCUT2D eigenvalue weighted by molar-refractivity contribution is -0.274. The van der Waals surface area contributed by atoms with Crippen LogP contribution in [0.15, 0.2) is 42.6 Å². The maximum atomic E-state index is 12.9. The molecule has 0 saturated heterocycles. The van der Waals surface area contributed by atoms with Gasteiger partial charge in [0.05, 0.1) is 31.3 Å². The third kappa shape index (κ3) is 3.74. The zero-order chi connectivity index (χ0) is 25.9. The van der Waals surface area contributed by atoms with Crippen molar-refractivity contribution in [3.05, 3.63) is 53.7 Å². The number of anilines is 3. The van der Waals surface area contributed by atoms with Crippen LogP contribution in [-0.4, -0.2) is 46.7 Å². The molecule has 190 valence electrons. The number of alkyl halides is 3. The number of nitrogens with zero attached hydrogens (tertiary/aromatic N) is 3. The first-order valence-corrected chi connectivity index (χ1v) is 11.1. The van der Waals surface area contributed by atoms with E-state index in [0.29, 0.717) is 40.6 Å². The third-order valence-corrected chi connectivity index (χ3v) is 6.68. The molecule has 0 bridgehead atoms. The molecular weight excluding hydrogens is 493 g/mol. The molecule has 37 heavy (non-hydrogen) atoms. The Balaban J connectivity index is 1.30. The first-order chi connectivity index (χ1) is 17.7. The molecule has 3 N–H and O–H groups in total. The highest BCUT2D eigenvalue weighted by Gasteiger charge is 2.65. The monoisotopic (exact) mass is 512 g/mol. The van der Waals surface area contributed by atoms with Crippen molar-refractivity contribution < 1.29 is 32.2 Å². The largest absolute Gasteiger partial charge is 0.573 e. The molecule has 1 fully saturated rings. The van der Waals surface area contributed by atoms with Crippen molar-refractivity contribution in [3.63, 3.8) is 0 Å². The summed E-state index contributed by atoms with van der Waals surface area (Å²) in [5.74, 6) is 0.435. The number of carbonyl (C=O) groups excluding carboxylic acids is 1. The fraction of sp³-hybridized carbons (Fsp3) is 0.250. The van der Waals surface area contributed by atoms with Crippen LogP contribution in [0.2, 0.25) is 0 Å². The van der Waals surface area contributed by atoms with Gasteiger partial charge in [-0.25, -0.2) is 0 Å². The summed E-state index contributed by atoms with van der Waals surface area (Å²) in [6.45, 7) is 0. The Morgan fingerprint density at radius 1 is 1.11 bits per heavy atom. The summed E-state index contributed by atoms with van der Waals surface area (Å²) in [5, 5.41) is 14.0. The van der Waals surface area contributed by atoms with E-state index in [0.717, 1.165) is 10.9 Å². The first-order valence-electron chi connectivity index (χ1n) is 11.1. The van der Waals surface area contributed by atoms with Gasteiger partial charge in [-0.3, -0.25) is 9.89 Å². The highest BCUT2D eigenvalue weighted by Crippen LogP contribution is 2.65. The number of benzene rings is 2. The Morgan fingerprint density at radius 3 is 2.70 bits per heavy atom. The molecule has 1 saturated carbocycles. The number of hydrogen-bond donors (Lipinski definition) is 3. The minimum Gasteiger partial charge on any atom is -0.491 e. The molecule has 2 aromatic carbocycles. The molecule has 2 aliphatic rings. The average molecular weight is 512 g/mol. The number of halogens is 3. The van der Waals surface area contributed by atoms with Gasteiger partial charge in [0.25, 0.3) is 0 Å². The number of fused-ring (bicyclic) bond motifs is 3. The van der Waals surface area contributed by atoms with Crippen LogP contribution in [-0.2, 0) is 10.2 Å². The van der Waals surface area contributed by atoms with Crippen LogP contribution in [0.5, 0.6) is 17.5 Å². The maximum Gasteiger partial charge on any atom is 0.573 e. The summed E-state index contributed by atoms with van der Waals surface area (Å²) >= 11 is 0.